The number of para-hydroxylation sites is 2. The van der Waals surface area contributed by atoms with Gasteiger partial charge in [-0.2, -0.15) is 0 Å². The van der Waals surface area contributed by atoms with E-state index in [2.05, 4.69) is 4.98 Å². The Morgan fingerprint density at radius 1 is 0.852 bits per heavy atom. The molecule has 0 spiro atoms. The zero-order chi connectivity index (χ0) is 18.6. The zero-order valence-corrected chi connectivity index (χ0v) is 15.2. The monoisotopic (exact) mass is 357 g/mol. The van der Waals surface area contributed by atoms with Gasteiger partial charge >= 0.3 is 0 Å². The van der Waals surface area contributed by atoms with E-state index < -0.39 is 0 Å². The normalized spacial score (nSPS) is 11.2. The van der Waals surface area contributed by atoms with Crippen LogP contribution in [0.25, 0.3) is 29.0 Å². The highest BCUT2D eigenvalue weighted by molar-refractivity contribution is 5.82. The topological polar surface area (TPSA) is 49.2 Å². The minimum absolute atomic E-state index is 0.692. The Labute approximate surface area is 157 Å². The van der Waals surface area contributed by atoms with Crippen LogP contribution in [-0.2, 0) is 0 Å². The van der Waals surface area contributed by atoms with Crippen LogP contribution >= 0.6 is 0 Å². The van der Waals surface area contributed by atoms with E-state index in [9.17, 15) is 0 Å². The van der Waals surface area contributed by atoms with Gasteiger partial charge in [-0.1, -0.05) is 30.3 Å². The molecule has 0 aliphatic carbocycles. The summed E-state index contributed by atoms with van der Waals surface area (Å²) in [5.41, 5.74) is 2.94. The lowest BCUT2D eigenvalue weighted by molar-refractivity contribution is 0.355. The molecule has 4 aromatic rings. The third-order valence-corrected chi connectivity index (χ3v) is 4.30. The summed E-state index contributed by atoms with van der Waals surface area (Å²) in [6.07, 6.45) is 5.77. The second-order valence-electron chi connectivity index (χ2n) is 5.93. The first-order valence-corrected chi connectivity index (χ1v) is 8.59. The maximum absolute atomic E-state index is 5.38. The number of benzene rings is 2. The van der Waals surface area contributed by atoms with Crippen LogP contribution in [0.4, 0.5) is 0 Å². The Morgan fingerprint density at radius 3 is 2.44 bits per heavy atom. The summed E-state index contributed by atoms with van der Waals surface area (Å²) in [4.78, 5) is 9.25. The van der Waals surface area contributed by atoms with Crippen molar-refractivity contribution >= 4 is 23.2 Å². The average Bonchev–Trinajstić information content (AvgIpc) is 3.11. The summed E-state index contributed by atoms with van der Waals surface area (Å²) in [6.45, 7) is 0. The van der Waals surface area contributed by atoms with E-state index in [0.29, 0.717) is 11.5 Å². The molecule has 0 aliphatic rings. The summed E-state index contributed by atoms with van der Waals surface area (Å²) in [7, 11) is 3.26. The predicted molar refractivity (Wildman–Crippen MR) is 107 cm³/mol. The molecule has 0 N–H and O–H groups in total. The highest BCUT2D eigenvalue weighted by atomic mass is 16.5. The standard InChI is InChI=1S/C22H19N3O2/c1-26-19-12-10-16(15-20(19)27-2)11-13-22-24-17-7-3-4-8-18(17)25(22)21-9-5-6-14-23-21/h3-15H,1-2H3. The Hall–Kier alpha value is -3.60. The van der Waals surface area contributed by atoms with Crippen molar-refractivity contribution in [2.45, 2.75) is 0 Å². The maximum Gasteiger partial charge on any atom is 0.161 e. The molecule has 0 fully saturated rings. The van der Waals surface area contributed by atoms with Crippen LogP contribution in [0, 0.1) is 0 Å². The van der Waals surface area contributed by atoms with Gasteiger partial charge in [0.1, 0.15) is 11.6 Å². The third-order valence-electron chi connectivity index (χ3n) is 4.30. The summed E-state index contributed by atoms with van der Waals surface area (Å²) in [5, 5.41) is 0. The number of rotatable bonds is 5. The van der Waals surface area contributed by atoms with Crippen molar-refractivity contribution in [3.63, 3.8) is 0 Å². The molecule has 0 unspecified atom stereocenters. The van der Waals surface area contributed by atoms with Gasteiger partial charge in [-0.05, 0) is 48.0 Å². The molecular weight excluding hydrogens is 338 g/mol. The lowest BCUT2D eigenvalue weighted by Crippen LogP contribution is -1.99. The number of ether oxygens (including phenoxy) is 2. The van der Waals surface area contributed by atoms with Gasteiger partial charge in [0.25, 0.3) is 0 Å². The van der Waals surface area contributed by atoms with Gasteiger partial charge in [-0.15, -0.1) is 0 Å². The van der Waals surface area contributed by atoms with Crippen molar-refractivity contribution in [3.05, 3.63) is 78.2 Å². The van der Waals surface area contributed by atoms with Crippen molar-refractivity contribution in [1.29, 1.82) is 0 Å². The minimum atomic E-state index is 0.692. The van der Waals surface area contributed by atoms with Gasteiger partial charge in [-0.3, -0.25) is 4.57 Å². The number of aromatic nitrogens is 3. The first-order chi connectivity index (χ1) is 13.3. The SMILES string of the molecule is COc1ccc(C=Cc2nc3ccccc3n2-c2ccccn2)cc1OC. The molecule has 5 heteroatoms. The molecule has 5 nitrogen and oxygen atoms in total. The van der Waals surface area contributed by atoms with Gasteiger partial charge in [0.15, 0.2) is 11.5 Å². The number of hydrogen-bond donors (Lipinski definition) is 0. The number of fused-ring (bicyclic) bond motifs is 1. The highest BCUT2D eigenvalue weighted by Crippen LogP contribution is 2.28. The van der Waals surface area contributed by atoms with Crippen LogP contribution < -0.4 is 9.47 Å². The quantitative estimate of drug-likeness (QED) is 0.523. The number of hydrogen-bond acceptors (Lipinski definition) is 4. The van der Waals surface area contributed by atoms with E-state index in [4.69, 9.17) is 14.5 Å². The van der Waals surface area contributed by atoms with Crippen LogP contribution in [0.1, 0.15) is 11.4 Å². The van der Waals surface area contributed by atoms with Crippen molar-refractivity contribution in [2.75, 3.05) is 14.2 Å². The number of nitrogens with zero attached hydrogens (tertiary/aromatic N) is 3. The molecule has 4 rings (SSSR count). The van der Waals surface area contributed by atoms with E-state index in [0.717, 1.165) is 28.2 Å². The maximum atomic E-state index is 5.38. The lowest BCUT2D eigenvalue weighted by atomic mass is 10.2. The molecule has 0 amide bonds. The number of methoxy groups -OCH3 is 2. The highest BCUT2D eigenvalue weighted by Gasteiger charge is 2.11. The summed E-state index contributed by atoms with van der Waals surface area (Å²) >= 11 is 0. The molecule has 0 saturated heterocycles. The van der Waals surface area contributed by atoms with E-state index in [1.807, 2.05) is 77.4 Å². The Kier molecular flexibility index (Phi) is 4.58. The van der Waals surface area contributed by atoms with Crippen LogP contribution in [-0.4, -0.2) is 28.8 Å². The fourth-order valence-corrected chi connectivity index (χ4v) is 3.01. The van der Waals surface area contributed by atoms with Gasteiger partial charge in [0.2, 0.25) is 0 Å². The molecule has 2 aromatic heterocycles. The second-order valence-corrected chi connectivity index (χ2v) is 5.93. The molecule has 0 aliphatic heterocycles. The lowest BCUT2D eigenvalue weighted by Gasteiger charge is -2.08. The van der Waals surface area contributed by atoms with Crippen molar-refractivity contribution in [3.8, 4) is 17.3 Å². The molecular formula is C22H19N3O2. The van der Waals surface area contributed by atoms with E-state index in [1.165, 1.54) is 0 Å². The predicted octanol–water partition coefficient (Wildman–Crippen LogP) is 4.61. The molecule has 2 heterocycles. The molecule has 134 valence electrons. The molecule has 0 bridgehead atoms. The number of imidazole rings is 1. The van der Waals surface area contributed by atoms with Gasteiger partial charge in [0.05, 0.1) is 25.3 Å². The largest absolute Gasteiger partial charge is 0.493 e. The van der Waals surface area contributed by atoms with Crippen molar-refractivity contribution < 1.29 is 9.47 Å². The molecule has 2 aromatic carbocycles. The smallest absolute Gasteiger partial charge is 0.161 e. The Bertz CT molecular complexity index is 1100. The summed E-state index contributed by atoms with van der Waals surface area (Å²) in [6, 6.07) is 19.7. The Balaban J connectivity index is 1.79. The first-order valence-electron chi connectivity index (χ1n) is 8.59. The Morgan fingerprint density at radius 2 is 1.67 bits per heavy atom. The first kappa shape index (κ1) is 16.8. The van der Waals surface area contributed by atoms with Crippen LogP contribution in [0.2, 0.25) is 0 Å². The van der Waals surface area contributed by atoms with Gasteiger partial charge in [-0.25, -0.2) is 9.97 Å². The summed E-state index contributed by atoms with van der Waals surface area (Å²) < 4.78 is 12.7. The van der Waals surface area contributed by atoms with E-state index >= 15 is 0 Å². The van der Waals surface area contributed by atoms with Crippen LogP contribution in [0.15, 0.2) is 66.9 Å². The zero-order valence-electron chi connectivity index (χ0n) is 15.2. The third kappa shape index (κ3) is 3.27. The number of pyridine rings is 1. The average molecular weight is 357 g/mol. The van der Waals surface area contributed by atoms with E-state index in [-0.39, 0.29) is 0 Å². The molecule has 0 saturated carbocycles. The van der Waals surface area contributed by atoms with Gasteiger partial charge in [0, 0.05) is 6.20 Å². The fourth-order valence-electron chi connectivity index (χ4n) is 3.01. The fraction of sp³-hybridized carbons (Fsp3) is 0.0909. The molecule has 0 radical (unpaired) electrons. The molecule has 0 atom stereocenters. The second kappa shape index (κ2) is 7.33. The minimum Gasteiger partial charge on any atom is -0.493 e. The summed E-state index contributed by atoms with van der Waals surface area (Å²) in [5.74, 6) is 3.04. The van der Waals surface area contributed by atoms with Crippen LogP contribution in [0.5, 0.6) is 11.5 Å². The van der Waals surface area contributed by atoms with Gasteiger partial charge < -0.3 is 9.47 Å². The van der Waals surface area contributed by atoms with Crippen molar-refractivity contribution in [2.24, 2.45) is 0 Å². The van der Waals surface area contributed by atoms with Crippen molar-refractivity contribution in [1.82, 2.24) is 14.5 Å². The van der Waals surface area contributed by atoms with Crippen LogP contribution in [0.3, 0.4) is 0 Å². The molecule has 27 heavy (non-hydrogen) atoms. The van der Waals surface area contributed by atoms with E-state index in [1.54, 1.807) is 20.4 Å².